The van der Waals surface area contributed by atoms with Crippen LogP contribution in [0.5, 0.6) is 0 Å². The molecule has 8 nitrogen and oxygen atoms in total. The number of piperazine rings is 1. The SMILES string of the molecule is CCn1nc(CN2CCN(C(=O)c3cnccn3)CC2)c2c1CCOC2. The number of nitrogens with zero attached hydrogens (tertiary/aromatic N) is 6. The van der Waals surface area contributed by atoms with Gasteiger partial charge in [-0.2, -0.15) is 5.10 Å². The molecule has 1 amide bonds. The maximum atomic E-state index is 12.5. The van der Waals surface area contributed by atoms with Crippen LogP contribution < -0.4 is 0 Å². The van der Waals surface area contributed by atoms with Crippen LogP contribution in [0.15, 0.2) is 18.6 Å². The van der Waals surface area contributed by atoms with Crippen LogP contribution in [0.2, 0.25) is 0 Å². The molecule has 0 radical (unpaired) electrons. The summed E-state index contributed by atoms with van der Waals surface area (Å²) in [6.07, 6.45) is 5.60. The van der Waals surface area contributed by atoms with Crippen LogP contribution >= 0.6 is 0 Å². The monoisotopic (exact) mass is 356 g/mol. The molecule has 0 bridgehead atoms. The van der Waals surface area contributed by atoms with Crippen LogP contribution in [0.25, 0.3) is 0 Å². The van der Waals surface area contributed by atoms with E-state index in [0.29, 0.717) is 25.4 Å². The first-order chi connectivity index (χ1) is 12.8. The highest BCUT2D eigenvalue weighted by Gasteiger charge is 2.26. The van der Waals surface area contributed by atoms with Crippen LogP contribution in [0, 0.1) is 0 Å². The van der Waals surface area contributed by atoms with E-state index in [1.807, 2.05) is 4.90 Å². The Kier molecular flexibility index (Phi) is 4.94. The summed E-state index contributed by atoms with van der Waals surface area (Å²) in [6, 6.07) is 0. The number of rotatable bonds is 4. The zero-order chi connectivity index (χ0) is 17.9. The maximum Gasteiger partial charge on any atom is 0.274 e. The Morgan fingerprint density at radius 3 is 2.81 bits per heavy atom. The van der Waals surface area contributed by atoms with E-state index in [1.165, 1.54) is 17.5 Å². The number of aryl methyl sites for hydroxylation is 1. The first-order valence-electron chi connectivity index (χ1n) is 9.19. The molecule has 4 rings (SSSR count). The summed E-state index contributed by atoms with van der Waals surface area (Å²) in [7, 11) is 0. The van der Waals surface area contributed by atoms with Gasteiger partial charge in [-0.1, -0.05) is 0 Å². The van der Waals surface area contributed by atoms with Gasteiger partial charge in [0.2, 0.25) is 0 Å². The minimum Gasteiger partial charge on any atom is -0.376 e. The first kappa shape index (κ1) is 17.1. The highest BCUT2D eigenvalue weighted by molar-refractivity contribution is 5.92. The Balaban J connectivity index is 1.39. The van der Waals surface area contributed by atoms with E-state index in [1.54, 1.807) is 12.4 Å². The molecule has 2 aromatic rings. The lowest BCUT2D eigenvalue weighted by atomic mass is 10.1. The molecule has 4 heterocycles. The second-order valence-corrected chi connectivity index (χ2v) is 6.65. The van der Waals surface area contributed by atoms with Crippen molar-refractivity contribution in [3.8, 4) is 0 Å². The van der Waals surface area contributed by atoms with Crippen molar-refractivity contribution in [1.29, 1.82) is 0 Å². The molecule has 1 fully saturated rings. The molecular formula is C18H24N6O2. The molecule has 1 saturated heterocycles. The van der Waals surface area contributed by atoms with Gasteiger partial charge in [0, 0.05) is 69.3 Å². The highest BCUT2D eigenvalue weighted by Crippen LogP contribution is 2.22. The first-order valence-corrected chi connectivity index (χ1v) is 9.19. The third-order valence-corrected chi connectivity index (χ3v) is 5.09. The average Bonchev–Trinajstić information content (AvgIpc) is 3.06. The Labute approximate surface area is 152 Å². The lowest BCUT2D eigenvalue weighted by Crippen LogP contribution is -2.48. The van der Waals surface area contributed by atoms with Gasteiger partial charge in [0.05, 0.1) is 25.1 Å². The van der Waals surface area contributed by atoms with E-state index in [4.69, 9.17) is 9.84 Å². The van der Waals surface area contributed by atoms with Crippen LogP contribution in [0.1, 0.15) is 34.4 Å². The van der Waals surface area contributed by atoms with E-state index in [-0.39, 0.29) is 5.91 Å². The second-order valence-electron chi connectivity index (χ2n) is 6.65. The Morgan fingerprint density at radius 1 is 1.23 bits per heavy atom. The van der Waals surface area contributed by atoms with Gasteiger partial charge in [-0.15, -0.1) is 0 Å². The van der Waals surface area contributed by atoms with Gasteiger partial charge in [-0.3, -0.25) is 19.4 Å². The topological polar surface area (TPSA) is 76.4 Å². The molecule has 2 aliphatic rings. The summed E-state index contributed by atoms with van der Waals surface area (Å²) >= 11 is 0. The quantitative estimate of drug-likeness (QED) is 0.804. The van der Waals surface area contributed by atoms with Crippen molar-refractivity contribution < 1.29 is 9.53 Å². The number of hydrogen-bond acceptors (Lipinski definition) is 6. The normalized spacial score (nSPS) is 18.0. The number of hydrogen-bond donors (Lipinski definition) is 0. The molecule has 2 aliphatic heterocycles. The smallest absolute Gasteiger partial charge is 0.274 e. The molecule has 0 atom stereocenters. The number of aromatic nitrogens is 4. The standard InChI is InChI=1S/C18H24N6O2/c1-2-24-17-3-10-26-13-14(17)16(21-24)12-22-6-8-23(9-7-22)18(25)15-11-19-4-5-20-15/h4-5,11H,2-3,6-10,12-13H2,1H3. The number of fused-ring (bicyclic) bond motifs is 1. The summed E-state index contributed by atoms with van der Waals surface area (Å²) < 4.78 is 7.76. The average molecular weight is 356 g/mol. The lowest BCUT2D eigenvalue weighted by Gasteiger charge is -2.34. The van der Waals surface area contributed by atoms with Gasteiger partial charge >= 0.3 is 0 Å². The van der Waals surface area contributed by atoms with Gasteiger partial charge < -0.3 is 9.64 Å². The van der Waals surface area contributed by atoms with Crippen molar-refractivity contribution in [2.24, 2.45) is 0 Å². The van der Waals surface area contributed by atoms with Gasteiger partial charge in [0.25, 0.3) is 5.91 Å². The summed E-state index contributed by atoms with van der Waals surface area (Å²) in [5, 5.41) is 4.80. The van der Waals surface area contributed by atoms with E-state index in [9.17, 15) is 4.79 Å². The van der Waals surface area contributed by atoms with Crippen LogP contribution in [0.4, 0.5) is 0 Å². The van der Waals surface area contributed by atoms with Crippen molar-refractivity contribution in [2.75, 3.05) is 32.8 Å². The fourth-order valence-corrected chi connectivity index (χ4v) is 3.66. The van der Waals surface area contributed by atoms with Gasteiger partial charge in [0.1, 0.15) is 5.69 Å². The highest BCUT2D eigenvalue weighted by atomic mass is 16.5. The minimum absolute atomic E-state index is 0.0428. The third kappa shape index (κ3) is 3.34. The molecule has 0 spiro atoms. The molecule has 8 heteroatoms. The van der Waals surface area contributed by atoms with Gasteiger partial charge in [-0.05, 0) is 6.92 Å². The predicted molar refractivity (Wildman–Crippen MR) is 94.5 cm³/mol. The zero-order valence-electron chi connectivity index (χ0n) is 15.1. The minimum atomic E-state index is -0.0428. The fourth-order valence-electron chi connectivity index (χ4n) is 3.66. The van der Waals surface area contributed by atoms with Crippen molar-refractivity contribution in [3.63, 3.8) is 0 Å². The number of carbonyl (C=O) groups is 1. The van der Waals surface area contributed by atoms with Crippen molar-refractivity contribution in [3.05, 3.63) is 41.2 Å². The second kappa shape index (κ2) is 7.51. The summed E-state index contributed by atoms with van der Waals surface area (Å²) in [5.41, 5.74) is 4.12. The number of carbonyl (C=O) groups excluding carboxylic acids is 1. The van der Waals surface area contributed by atoms with E-state index in [2.05, 4.69) is 26.5 Å². The zero-order valence-corrected chi connectivity index (χ0v) is 15.1. The molecule has 26 heavy (non-hydrogen) atoms. The van der Waals surface area contributed by atoms with Gasteiger partial charge in [0.15, 0.2) is 0 Å². The Hall–Kier alpha value is -2.32. The summed E-state index contributed by atoms with van der Waals surface area (Å²) in [6.45, 7) is 8.33. The Bertz CT molecular complexity index is 767. The number of ether oxygens (including phenoxy) is 1. The third-order valence-electron chi connectivity index (χ3n) is 5.09. The fraction of sp³-hybridized carbons (Fsp3) is 0.556. The molecule has 0 unspecified atom stereocenters. The maximum absolute atomic E-state index is 12.5. The number of amides is 1. The van der Waals surface area contributed by atoms with E-state index < -0.39 is 0 Å². The lowest BCUT2D eigenvalue weighted by molar-refractivity contribution is 0.0618. The molecule has 0 aromatic carbocycles. The van der Waals surface area contributed by atoms with E-state index >= 15 is 0 Å². The molecule has 0 aliphatic carbocycles. The van der Waals surface area contributed by atoms with Crippen LogP contribution in [0.3, 0.4) is 0 Å². The van der Waals surface area contributed by atoms with Crippen molar-refractivity contribution in [1.82, 2.24) is 29.5 Å². The summed E-state index contributed by atoms with van der Waals surface area (Å²) in [4.78, 5) is 24.8. The predicted octanol–water partition coefficient (Wildman–Crippen LogP) is 0.724. The molecule has 138 valence electrons. The van der Waals surface area contributed by atoms with Crippen molar-refractivity contribution >= 4 is 5.91 Å². The van der Waals surface area contributed by atoms with E-state index in [0.717, 1.165) is 44.9 Å². The van der Waals surface area contributed by atoms with Gasteiger partial charge in [-0.25, -0.2) is 4.98 Å². The van der Waals surface area contributed by atoms with Crippen LogP contribution in [-0.4, -0.2) is 68.2 Å². The van der Waals surface area contributed by atoms with Crippen LogP contribution in [-0.2, 0) is 30.9 Å². The molecule has 0 N–H and O–H groups in total. The largest absolute Gasteiger partial charge is 0.376 e. The summed E-state index contributed by atoms with van der Waals surface area (Å²) in [5.74, 6) is -0.0428. The molecule has 2 aromatic heterocycles. The molecular weight excluding hydrogens is 332 g/mol. The Morgan fingerprint density at radius 2 is 2.08 bits per heavy atom. The van der Waals surface area contributed by atoms with Crippen molar-refractivity contribution in [2.45, 2.75) is 33.0 Å². The molecule has 0 saturated carbocycles.